The zero-order valence-corrected chi connectivity index (χ0v) is 10.5. The van der Waals surface area contributed by atoms with E-state index in [1.165, 1.54) is 5.51 Å². The number of nitrogens with one attached hydrogen (secondary N) is 1. The molecule has 0 fully saturated rings. The second-order valence-electron chi connectivity index (χ2n) is 4.35. The molecule has 1 aliphatic heterocycles. The number of hydrogen-bond acceptors (Lipinski definition) is 4. The van der Waals surface area contributed by atoms with Crippen LogP contribution in [0.5, 0.6) is 0 Å². The van der Waals surface area contributed by atoms with Gasteiger partial charge in [0.25, 0.3) is 0 Å². The van der Waals surface area contributed by atoms with Crippen molar-refractivity contribution in [3.05, 3.63) is 29.3 Å². The Labute approximate surface area is 106 Å². The molecule has 2 atom stereocenters. The first kappa shape index (κ1) is 11.3. The molecule has 2 aromatic rings. The summed E-state index contributed by atoms with van der Waals surface area (Å²) in [6.07, 6.45) is 0.436. The van der Waals surface area contributed by atoms with Crippen LogP contribution in [-0.2, 0) is 4.79 Å². The van der Waals surface area contributed by atoms with Gasteiger partial charge in [0.15, 0.2) is 4.70 Å². The van der Waals surface area contributed by atoms with Crippen LogP contribution in [0.3, 0.4) is 0 Å². The highest BCUT2D eigenvalue weighted by atomic mass is 32.2. The molecule has 0 spiro atoms. The summed E-state index contributed by atoms with van der Waals surface area (Å²) in [5.74, 6) is 0.0132. The van der Waals surface area contributed by atoms with Crippen LogP contribution < -0.4 is 5.43 Å². The Kier molecular flexibility index (Phi) is 2.61. The van der Waals surface area contributed by atoms with Crippen molar-refractivity contribution in [1.29, 1.82) is 0 Å². The van der Waals surface area contributed by atoms with Crippen molar-refractivity contribution < 1.29 is 9.35 Å². The van der Waals surface area contributed by atoms with E-state index in [1.807, 2.05) is 19.1 Å². The summed E-state index contributed by atoms with van der Waals surface area (Å²) in [7, 11) is -1.13. The van der Waals surface area contributed by atoms with Crippen LogP contribution in [-0.4, -0.2) is 21.2 Å². The molecule has 92 valence electrons. The van der Waals surface area contributed by atoms with E-state index in [4.69, 9.17) is 0 Å². The van der Waals surface area contributed by atoms with Gasteiger partial charge in [-0.3, -0.25) is 4.79 Å². The molecule has 6 heteroatoms. The highest BCUT2D eigenvalue weighted by Crippen LogP contribution is 2.27. The average molecular weight is 261 g/mol. The lowest BCUT2D eigenvalue weighted by atomic mass is 9.94. The average Bonchev–Trinajstić information content (AvgIpc) is 2.71. The van der Waals surface area contributed by atoms with Crippen LogP contribution in [0.4, 0.5) is 0 Å². The van der Waals surface area contributed by atoms with Crippen LogP contribution in [0.1, 0.15) is 18.9 Å². The van der Waals surface area contributed by atoms with Crippen molar-refractivity contribution in [2.45, 2.75) is 13.3 Å². The minimum absolute atomic E-state index is 0.0634. The van der Waals surface area contributed by atoms with Gasteiger partial charge in [-0.25, -0.2) is 5.43 Å². The van der Waals surface area contributed by atoms with Gasteiger partial charge in [0, 0.05) is 24.0 Å². The minimum Gasteiger partial charge on any atom is -0.589 e. The molecule has 0 saturated heterocycles. The Balaban J connectivity index is 2.06. The molecule has 1 aromatic heterocycles. The molecular weight excluding hydrogens is 250 g/mol. The van der Waals surface area contributed by atoms with Crippen LogP contribution in [0.25, 0.3) is 10.2 Å². The van der Waals surface area contributed by atoms with Gasteiger partial charge in [0.05, 0.1) is 5.71 Å². The molecule has 1 N–H and O–H groups in total. The summed E-state index contributed by atoms with van der Waals surface area (Å²) < 4.78 is 12.3. The van der Waals surface area contributed by atoms with Crippen LogP contribution in [0, 0.1) is 5.92 Å². The lowest BCUT2D eigenvalue weighted by Gasteiger charge is -2.18. The molecular formula is C12H11N3O2S. The van der Waals surface area contributed by atoms with Crippen molar-refractivity contribution in [2.75, 3.05) is 0 Å². The summed E-state index contributed by atoms with van der Waals surface area (Å²) in [6, 6.07) is 5.54. The van der Waals surface area contributed by atoms with Gasteiger partial charge in [-0.2, -0.15) is 10.1 Å². The van der Waals surface area contributed by atoms with E-state index in [2.05, 4.69) is 15.5 Å². The normalized spacial score (nSPS) is 20.8. The number of hydrazone groups is 1. The molecule has 1 amide bonds. The summed E-state index contributed by atoms with van der Waals surface area (Å²) in [5.41, 5.74) is 6.39. The second kappa shape index (κ2) is 4.15. The Morgan fingerprint density at radius 1 is 1.50 bits per heavy atom. The summed E-state index contributed by atoms with van der Waals surface area (Å²) >= 11 is 0. The van der Waals surface area contributed by atoms with Crippen molar-refractivity contribution in [1.82, 2.24) is 10.4 Å². The van der Waals surface area contributed by atoms with E-state index >= 15 is 0 Å². The number of amides is 1. The molecule has 0 radical (unpaired) electrons. The number of thiazole rings is 1. The fraction of sp³-hybridized carbons (Fsp3) is 0.250. The van der Waals surface area contributed by atoms with E-state index in [1.54, 1.807) is 6.07 Å². The molecule has 2 unspecified atom stereocenters. The van der Waals surface area contributed by atoms with Gasteiger partial charge in [0.1, 0.15) is 5.52 Å². The second-order valence-corrected chi connectivity index (χ2v) is 5.60. The minimum atomic E-state index is -1.13. The first-order chi connectivity index (χ1) is 8.65. The molecule has 0 saturated carbocycles. The first-order valence-corrected chi connectivity index (χ1v) is 6.82. The Hall–Kier alpha value is -1.79. The molecule has 3 rings (SSSR count). The van der Waals surface area contributed by atoms with E-state index in [9.17, 15) is 9.35 Å². The predicted molar refractivity (Wildman–Crippen MR) is 68.9 cm³/mol. The van der Waals surface area contributed by atoms with E-state index in [0.717, 1.165) is 21.5 Å². The summed E-state index contributed by atoms with van der Waals surface area (Å²) in [5, 5.41) is 4.10. The quantitative estimate of drug-likeness (QED) is 0.795. The maximum atomic E-state index is 11.5. The Morgan fingerprint density at radius 2 is 2.33 bits per heavy atom. The fourth-order valence-electron chi connectivity index (χ4n) is 2.11. The zero-order chi connectivity index (χ0) is 12.7. The van der Waals surface area contributed by atoms with E-state index in [0.29, 0.717) is 6.42 Å². The molecule has 1 aliphatic rings. The first-order valence-electron chi connectivity index (χ1n) is 5.61. The number of aromatic nitrogens is 1. The lowest BCUT2D eigenvalue weighted by molar-refractivity contribution is -0.121. The van der Waals surface area contributed by atoms with E-state index in [-0.39, 0.29) is 11.8 Å². The van der Waals surface area contributed by atoms with Crippen molar-refractivity contribution >= 4 is 32.6 Å². The number of nitrogens with zero attached hydrogens (tertiary/aromatic N) is 2. The predicted octanol–water partition coefficient (Wildman–Crippen LogP) is 1.82. The van der Waals surface area contributed by atoms with Crippen molar-refractivity contribution in [2.24, 2.45) is 11.0 Å². The SMILES string of the molecule is CC1CC(=O)NN=C1c1ccc2c(c1)nc[s+]2[O-]. The molecule has 0 bridgehead atoms. The Morgan fingerprint density at radius 3 is 3.11 bits per heavy atom. The molecule has 1 aromatic carbocycles. The maximum absolute atomic E-state index is 11.5. The number of rotatable bonds is 1. The van der Waals surface area contributed by atoms with Gasteiger partial charge in [-0.15, -0.1) is 0 Å². The topological polar surface area (TPSA) is 77.4 Å². The molecule has 5 nitrogen and oxygen atoms in total. The van der Waals surface area contributed by atoms with Gasteiger partial charge in [0.2, 0.25) is 11.4 Å². The maximum Gasteiger partial charge on any atom is 0.240 e. The molecule has 0 aliphatic carbocycles. The smallest absolute Gasteiger partial charge is 0.240 e. The Bertz CT molecular complexity index is 662. The van der Waals surface area contributed by atoms with Crippen LogP contribution >= 0.6 is 10.8 Å². The number of hydrogen-bond donors (Lipinski definition) is 1. The number of benzene rings is 1. The third-order valence-electron chi connectivity index (χ3n) is 3.02. The third-order valence-corrected chi connectivity index (χ3v) is 4.09. The number of carbonyl (C=O) groups is 1. The fourth-order valence-corrected chi connectivity index (χ4v) is 2.95. The lowest BCUT2D eigenvalue weighted by Crippen LogP contribution is -2.31. The summed E-state index contributed by atoms with van der Waals surface area (Å²) in [4.78, 5) is 15.3. The monoisotopic (exact) mass is 261 g/mol. The van der Waals surface area contributed by atoms with Crippen LogP contribution in [0.2, 0.25) is 0 Å². The van der Waals surface area contributed by atoms with Gasteiger partial charge < -0.3 is 4.55 Å². The van der Waals surface area contributed by atoms with E-state index < -0.39 is 10.8 Å². The van der Waals surface area contributed by atoms with Crippen LogP contribution in [0.15, 0.2) is 28.8 Å². The van der Waals surface area contributed by atoms with Gasteiger partial charge in [-0.1, -0.05) is 6.92 Å². The largest absolute Gasteiger partial charge is 0.589 e. The number of fused-ring (bicyclic) bond motifs is 1. The number of carbonyl (C=O) groups excluding carboxylic acids is 1. The van der Waals surface area contributed by atoms with Gasteiger partial charge >= 0.3 is 0 Å². The summed E-state index contributed by atoms with van der Waals surface area (Å²) in [6.45, 7) is 1.96. The van der Waals surface area contributed by atoms with Gasteiger partial charge in [-0.05, 0) is 22.9 Å². The third kappa shape index (κ3) is 1.79. The van der Waals surface area contributed by atoms with Crippen molar-refractivity contribution in [3.8, 4) is 0 Å². The highest BCUT2D eigenvalue weighted by molar-refractivity contribution is 7.29. The molecule has 18 heavy (non-hydrogen) atoms. The molecule has 2 heterocycles. The van der Waals surface area contributed by atoms with Crippen molar-refractivity contribution in [3.63, 3.8) is 0 Å². The highest BCUT2D eigenvalue weighted by Gasteiger charge is 2.22. The zero-order valence-electron chi connectivity index (χ0n) is 9.71. The standard InChI is InChI=1S/C12H11N3O2S/c1-7-4-11(16)14-15-12(7)8-2-3-10-9(5-8)13-6-18(10)17/h2-3,5-7H,4H2,1H3,(H,14,16).